The number of anilines is 1. The molecule has 3 aromatic carbocycles. The van der Waals surface area contributed by atoms with Crippen LogP contribution in [-0.4, -0.2) is 30.2 Å². The van der Waals surface area contributed by atoms with Crippen molar-refractivity contribution < 1.29 is 23.9 Å². The Morgan fingerprint density at radius 2 is 1.55 bits per heavy atom. The van der Waals surface area contributed by atoms with Gasteiger partial charge in [-0.2, -0.15) is 0 Å². The fourth-order valence-electron chi connectivity index (χ4n) is 3.30. The summed E-state index contributed by atoms with van der Waals surface area (Å²) in [5, 5.41) is 0. The summed E-state index contributed by atoms with van der Waals surface area (Å²) in [6, 6.07) is 17.9. The average Bonchev–Trinajstić information content (AvgIpc) is 3.02. The van der Waals surface area contributed by atoms with Crippen LogP contribution in [0.4, 0.5) is 5.69 Å². The second-order valence-corrected chi connectivity index (χ2v) is 7.97. The van der Waals surface area contributed by atoms with Crippen molar-refractivity contribution in [2.75, 3.05) is 11.5 Å². The first-order valence-electron chi connectivity index (χ1n) is 9.40. The molecule has 0 radical (unpaired) electrons. The maximum atomic E-state index is 12.9. The zero-order chi connectivity index (χ0) is 22.1. The molecule has 0 fully saturated rings. The molecule has 2 amide bonds. The molecule has 1 aliphatic rings. The lowest BCUT2D eigenvalue weighted by atomic mass is 10.1. The van der Waals surface area contributed by atoms with Crippen molar-refractivity contribution in [3.8, 4) is 0 Å². The molecule has 0 aliphatic carbocycles. The number of hydrogen-bond acceptors (Lipinski definition) is 5. The van der Waals surface area contributed by atoms with Gasteiger partial charge in [-0.15, -0.1) is 0 Å². The van der Waals surface area contributed by atoms with E-state index in [1.165, 1.54) is 18.2 Å². The topological polar surface area (TPSA) is 80.8 Å². The molecule has 1 heterocycles. The van der Waals surface area contributed by atoms with Crippen LogP contribution in [0.5, 0.6) is 0 Å². The van der Waals surface area contributed by atoms with E-state index in [2.05, 4.69) is 15.9 Å². The molecule has 3 aromatic rings. The number of amides is 2. The van der Waals surface area contributed by atoms with Crippen LogP contribution in [0.3, 0.4) is 0 Å². The molecule has 0 saturated heterocycles. The van der Waals surface area contributed by atoms with Gasteiger partial charge in [0.2, 0.25) is 0 Å². The molecular formula is C24H16BrNO5. The van der Waals surface area contributed by atoms with E-state index in [0.29, 0.717) is 11.3 Å². The van der Waals surface area contributed by atoms with E-state index in [-0.39, 0.29) is 22.5 Å². The molecule has 0 N–H and O–H groups in total. The standard InChI is InChI=1S/C24H16BrNO5/c1-14-3-2-4-18(11-14)26-22(28)19-10-7-16(12-20(19)23(26)29)24(30)31-13-21(27)15-5-8-17(25)9-6-15/h2-12H,13H2,1H3. The van der Waals surface area contributed by atoms with E-state index in [1.807, 2.05) is 13.0 Å². The number of carbonyl (C=O) groups is 4. The summed E-state index contributed by atoms with van der Waals surface area (Å²) < 4.78 is 5.95. The number of halogens is 1. The largest absolute Gasteiger partial charge is 0.454 e. The molecule has 154 valence electrons. The van der Waals surface area contributed by atoms with Gasteiger partial charge in [0.05, 0.1) is 22.4 Å². The Hall–Kier alpha value is -3.58. The number of ether oxygens (including phenoxy) is 1. The molecule has 0 saturated carbocycles. The highest BCUT2D eigenvalue weighted by atomic mass is 79.9. The predicted octanol–water partition coefficient (Wildman–Crippen LogP) is 4.60. The van der Waals surface area contributed by atoms with Crippen molar-refractivity contribution >= 4 is 45.2 Å². The number of carbonyl (C=O) groups excluding carboxylic acids is 4. The Labute approximate surface area is 186 Å². The lowest BCUT2D eigenvalue weighted by Crippen LogP contribution is -2.29. The Morgan fingerprint density at radius 1 is 0.871 bits per heavy atom. The highest BCUT2D eigenvalue weighted by molar-refractivity contribution is 9.10. The molecule has 31 heavy (non-hydrogen) atoms. The average molecular weight is 478 g/mol. The number of imide groups is 1. The third-order valence-electron chi connectivity index (χ3n) is 4.88. The van der Waals surface area contributed by atoms with Crippen molar-refractivity contribution in [3.63, 3.8) is 0 Å². The van der Waals surface area contributed by atoms with Crippen molar-refractivity contribution in [1.29, 1.82) is 0 Å². The number of Topliss-reactive ketones (excluding diaryl/α,β-unsaturated/α-hetero) is 1. The van der Waals surface area contributed by atoms with Crippen molar-refractivity contribution in [3.05, 3.63) is 99.0 Å². The summed E-state index contributed by atoms with van der Waals surface area (Å²) in [6.45, 7) is 1.44. The maximum absolute atomic E-state index is 12.9. The van der Waals surface area contributed by atoms with Gasteiger partial charge in [-0.25, -0.2) is 9.69 Å². The normalized spacial score (nSPS) is 12.6. The quantitative estimate of drug-likeness (QED) is 0.304. The second-order valence-electron chi connectivity index (χ2n) is 7.05. The van der Waals surface area contributed by atoms with E-state index in [9.17, 15) is 19.2 Å². The number of fused-ring (bicyclic) bond motifs is 1. The van der Waals surface area contributed by atoms with Crippen molar-refractivity contribution in [2.45, 2.75) is 6.92 Å². The predicted molar refractivity (Wildman–Crippen MR) is 118 cm³/mol. The monoisotopic (exact) mass is 477 g/mol. The lowest BCUT2D eigenvalue weighted by Gasteiger charge is -2.14. The maximum Gasteiger partial charge on any atom is 0.338 e. The van der Waals surface area contributed by atoms with Crippen LogP contribution >= 0.6 is 15.9 Å². The third kappa shape index (κ3) is 4.04. The van der Waals surface area contributed by atoms with Crippen LogP contribution in [-0.2, 0) is 4.74 Å². The number of aryl methyl sites for hydroxylation is 1. The SMILES string of the molecule is Cc1cccc(N2C(=O)c3ccc(C(=O)OCC(=O)c4ccc(Br)cc4)cc3C2=O)c1. The van der Waals surface area contributed by atoms with Crippen molar-refractivity contribution in [1.82, 2.24) is 0 Å². The van der Waals surface area contributed by atoms with Gasteiger partial charge in [-0.1, -0.05) is 40.2 Å². The lowest BCUT2D eigenvalue weighted by molar-refractivity contribution is 0.0474. The van der Waals surface area contributed by atoms with Gasteiger partial charge >= 0.3 is 5.97 Å². The summed E-state index contributed by atoms with van der Waals surface area (Å²) in [7, 11) is 0. The van der Waals surface area contributed by atoms with Gasteiger partial charge < -0.3 is 4.74 Å². The van der Waals surface area contributed by atoms with Crippen LogP contribution in [0.25, 0.3) is 0 Å². The number of esters is 1. The fourth-order valence-corrected chi connectivity index (χ4v) is 3.57. The summed E-state index contributed by atoms with van der Waals surface area (Å²) in [6.07, 6.45) is 0. The zero-order valence-corrected chi connectivity index (χ0v) is 18.0. The van der Waals surface area contributed by atoms with Crippen LogP contribution in [0.1, 0.15) is 47.0 Å². The fraction of sp³-hybridized carbons (Fsp3) is 0.0833. The molecule has 0 bridgehead atoms. The summed E-state index contributed by atoms with van der Waals surface area (Å²) >= 11 is 3.29. The highest BCUT2D eigenvalue weighted by Crippen LogP contribution is 2.29. The van der Waals surface area contributed by atoms with Gasteiger partial charge in [-0.3, -0.25) is 14.4 Å². The minimum Gasteiger partial charge on any atom is -0.454 e. The van der Waals surface area contributed by atoms with E-state index in [1.54, 1.807) is 42.5 Å². The number of hydrogen-bond donors (Lipinski definition) is 0. The van der Waals surface area contributed by atoms with E-state index in [0.717, 1.165) is 14.9 Å². The van der Waals surface area contributed by atoms with Gasteiger partial charge in [-0.05, 0) is 55.0 Å². The Morgan fingerprint density at radius 3 is 2.26 bits per heavy atom. The first kappa shape index (κ1) is 20.7. The molecule has 4 rings (SSSR count). The van der Waals surface area contributed by atoms with Crippen LogP contribution in [0, 0.1) is 6.92 Å². The molecule has 0 aromatic heterocycles. The minimum absolute atomic E-state index is 0.0922. The Kier molecular flexibility index (Phi) is 5.52. The highest BCUT2D eigenvalue weighted by Gasteiger charge is 2.37. The van der Waals surface area contributed by atoms with E-state index < -0.39 is 24.4 Å². The molecule has 1 aliphatic heterocycles. The van der Waals surface area contributed by atoms with Gasteiger partial charge in [0.1, 0.15) is 0 Å². The first-order chi connectivity index (χ1) is 14.8. The van der Waals surface area contributed by atoms with Gasteiger partial charge in [0, 0.05) is 10.0 Å². The van der Waals surface area contributed by atoms with Crippen LogP contribution in [0.15, 0.2) is 71.2 Å². The van der Waals surface area contributed by atoms with Crippen LogP contribution in [0.2, 0.25) is 0 Å². The van der Waals surface area contributed by atoms with E-state index in [4.69, 9.17) is 4.74 Å². The number of benzene rings is 3. The first-order valence-corrected chi connectivity index (χ1v) is 10.2. The minimum atomic E-state index is -0.748. The summed E-state index contributed by atoms with van der Waals surface area (Å²) in [5.74, 6) is -2.05. The summed E-state index contributed by atoms with van der Waals surface area (Å²) in [5.41, 5.74) is 2.23. The molecule has 0 spiro atoms. The Balaban J connectivity index is 1.51. The van der Waals surface area contributed by atoms with Crippen LogP contribution < -0.4 is 4.90 Å². The number of rotatable bonds is 5. The van der Waals surface area contributed by atoms with Crippen molar-refractivity contribution in [2.24, 2.45) is 0 Å². The molecule has 0 atom stereocenters. The molecule has 6 nitrogen and oxygen atoms in total. The van der Waals surface area contributed by atoms with E-state index >= 15 is 0 Å². The Bertz CT molecular complexity index is 1230. The van der Waals surface area contributed by atoms with Gasteiger partial charge in [0.25, 0.3) is 11.8 Å². The number of ketones is 1. The third-order valence-corrected chi connectivity index (χ3v) is 5.41. The molecule has 0 unspecified atom stereocenters. The zero-order valence-electron chi connectivity index (χ0n) is 16.4. The van der Waals surface area contributed by atoms with Gasteiger partial charge in [0.15, 0.2) is 12.4 Å². The smallest absolute Gasteiger partial charge is 0.338 e. The molecular weight excluding hydrogens is 462 g/mol. The summed E-state index contributed by atoms with van der Waals surface area (Å²) in [4.78, 5) is 51.3. The second kappa shape index (κ2) is 8.28. The molecule has 7 heteroatoms. The number of nitrogens with zero attached hydrogens (tertiary/aromatic N) is 1.